The number of amides is 1. The Balaban J connectivity index is 1.37. The largest absolute Gasteiger partial charge is 0.492 e. The number of hydrogen-bond acceptors (Lipinski definition) is 4. The number of benzene rings is 2. The number of aryl methyl sites for hydroxylation is 1. The number of rotatable bonds is 6. The van der Waals surface area contributed by atoms with Gasteiger partial charge in [0.15, 0.2) is 0 Å². The molecular weight excluding hydrogens is 328 g/mol. The Hall–Kier alpha value is -3.15. The molecular formula is C20H20N4O2. The Kier molecular flexibility index (Phi) is 4.64. The van der Waals surface area contributed by atoms with Gasteiger partial charge in [-0.3, -0.25) is 4.79 Å². The summed E-state index contributed by atoms with van der Waals surface area (Å²) in [7, 11) is 0. The number of carbonyl (C=O) groups excluding carboxylic acids is 1. The summed E-state index contributed by atoms with van der Waals surface area (Å²) in [6.45, 7) is 1.10. The number of hydrogen-bond donors (Lipinski definition) is 1. The predicted octanol–water partition coefficient (Wildman–Crippen LogP) is 3.03. The fourth-order valence-corrected chi connectivity index (χ4v) is 3.33. The van der Waals surface area contributed by atoms with Gasteiger partial charge in [0, 0.05) is 11.8 Å². The lowest BCUT2D eigenvalue weighted by molar-refractivity contribution is -0.117. The molecule has 0 saturated carbocycles. The summed E-state index contributed by atoms with van der Waals surface area (Å²) in [5, 5.41) is 7.06. The van der Waals surface area contributed by atoms with E-state index in [0.717, 1.165) is 29.8 Å². The standard InChI is InChI=1S/C20H20N4O2/c25-20(19-9-8-15-4-1-2-7-18(15)19)23-16-5-3-6-17(12-16)26-11-10-24-14-21-13-22-24/h1-7,12-14,19H,8-11H2,(H,23,25)/t19-/m1/s1. The van der Waals surface area contributed by atoms with E-state index in [1.165, 1.54) is 11.9 Å². The summed E-state index contributed by atoms with van der Waals surface area (Å²) in [6, 6.07) is 15.7. The van der Waals surface area contributed by atoms with Crippen molar-refractivity contribution in [3.63, 3.8) is 0 Å². The smallest absolute Gasteiger partial charge is 0.231 e. The Morgan fingerprint density at radius 1 is 1.23 bits per heavy atom. The van der Waals surface area contributed by atoms with E-state index >= 15 is 0 Å². The first-order chi connectivity index (χ1) is 12.8. The van der Waals surface area contributed by atoms with Gasteiger partial charge in [0.1, 0.15) is 25.0 Å². The Morgan fingerprint density at radius 2 is 2.15 bits per heavy atom. The van der Waals surface area contributed by atoms with Gasteiger partial charge in [-0.1, -0.05) is 30.3 Å². The number of anilines is 1. The van der Waals surface area contributed by atoms with Crippen molar-refractivity contribution in [2.45, 2.75) is 25.3 Å². The zero-order valence-corrected chi connectivity index (χ0v) is 14.3. The molecule has 2 aromatic carbocycles. The molecule has 0 bridgehead atoms. The highest BCUT2D eigenvalue weighted by molar-refractivity contribution is 5.96. The molecule has 0 aliphatic heterocycles. The van der Waals surface area contributed by atoms with Crippen LogP contribution in [0.3, 0.4) is 0 Å². The third kappa shape index (κ3) is 3.59. The van der Waals surface area contributed by atoms with Crippen LogP contribution in [0.1, 0.15) is 23.5 Å². The van der Waals surface area contributed by atoms with Gasteiger partial charge in [-0.15, -0.1) is 0 Å². The fourth-order valence-electron chi connectivity index (χ4n) is 3.33. The van der Waals surface area contributed by atoms with Crippen LogP contribution in [0.15, 0.2) is 61.2 Å². The summed E-state index contributed by atoms with van der Waals surface area (Å²) in [5.74, 6) is 0.674. The Morgan fingerprint density at radius 3 is 3.04 bits per heavy atom. The van der Waals surface area contributed by atoms with Crippen LogP contribution in [-0.2, 0) is 17.8 Å². The molecule has 26 heavy (non-hydrogen) atoms. The molecule has 0 fully saturated rings. The second kappa shape index (κ2) is 7.39. The minimum atomic E-state index is -0.0805. The number of nitrogens with zero attached hydrogens (tertiary/aromatic N) is 3. The van der Waals surface area contributed by atoms with E-state index in [1.807, 2.05) is 36.4 Å². The molecule has 1 aliphatic rings. The van der Waals surface area contributed by atoms with Gasteiger partial charge in [0.05, 0.1) is 12.5 Å². The maximum Gasteiger partial charge on any atom is 0.231 e. The quantitative estimate of drug-likeness (QED) is 0.743. The molecule has 0 spiro atoms. The second-order valence-corrected chi connectivity index (χ2v) is 6.31. The van der Waals surface area contributed by atoms with Crippen molar-refractivity contribution in [3.05, 3.63) is 72.3 Å². The lowest BCUT2D eigenvalue weighted by atomic mass is 10.0. The van der Waals surface area contributed by atoms with Crippen LogP contribution in [0.4, 0.5) is 5.69 Å². The third-order valence-electron chi connectivity index (χ3n) is 4.61. The van der Waals surface area contributed by atoms with Gasteiger partial charge in [-0.25, -0.2) is 9.67 Å². The molecule has 0 radical (unpaired) electrons. The molecule has 0 saturated heterocycles. The van der Waals surface area contributed by atoms with E-state index in [0.29, 0.717) is 13.2 Å². The van der Waals surface area contributed by atoms with E-state index in [-0.39, 0.29) is 11.8 Å². The molecule has 132 valence electrons. The average molecular weight is 348 g/mol. The normalized spacial score (nSPS) is 15.5. The number of fused-ring (bicyclic) bond motifs is 1. The molecule has 1 amide bonds. The van der Waals surface area contributed by atoms with Crippen molar-refractivity contribution in [3.8, 4) is 5.75 Å². The first kappa shape index (κ1) is 16.3. The summed E-state index contributed by atoms with van der Waals surface area (Å²) in [5.41, 5.74) is 3.17. The summed E-state index contributed by atoms with van der Waals surface area (Å²) < 4.78 is 7.45. The molecule has 3 aromatic rings. The first-order valence-electron chi connectivity index (χ1n) is 8.73. The maximum atomic E-state index is 12.7. The molecule has 1 N–H and O–H groups in total. The van der Waals surface area contributed by atoms with Crippen molar-refractivity contribution < 1.29 is 9.53 Å². The van der Waals surface area contributed by atoms with Crippen molar-refractivity contribution in [2.75, 3.05) is 11.9 Å². The van der Waals surface area contributed by atoms with Gasteiger partial charge < -0.3 is 10.1 Å². The van der Waals surface area contributed by atoms with Crippen LogP contribution in [-0.4, -0.2) is 27.3 Å². The van der Waals surface area contributed by atoms with Crippen molar-refractivity contribution in [1.82, 2.24) is 14.8 Å². The van der Waals surface area contributed by atoms with Crippen LogP contribution in [0.5, 0.6) is 5.75 Å². The molecule has 6 heteroatoms. The van der Waals surface area contributed by atoms with Gasteiger partial charge >= 0.3 is 0 Å². The highest BCUT2D eigenvalue weighted by Gasteiger charge is 2.28. The highest BCUT2D eigenvalue weighted by Crippen LogP contribution is 2.33. The van der Waals surface area contributed by atoms with Crippen molar-refractivity contribution >= 4 is 11.6 Å². The van der Waals surface area contributed by atoms with Gasteiger partial charge in [0.25, 0.3) is 0 Å². The summed E-state index contributed by atoms with van der Waals surface area (Å²) >= 11 is 0. The predicted molar refractivity (Wildman–Crippen MR) is 98.1 cm³/mol. The lowest BCUT2D eigenvalue weighted by Crippen LogP contribution is -2.19. The van der Waals surface area contributed by atoms with E-state index in [4.69, 9.17) is 4.74 Å². The lowest BCUT2D eigenvalue weighted by Gasteiger charge is -2.13. The van der Waals surface area contributed by atoms with E-state index in [1.54, 1.807) is 11.0 Å². The molecule has 4 rings (SSSR count). The molecule has 1 aliphatic carbocycles. The first-order valence-corrected chi connectivity index (χ1v) is 8.73. The Labute approximate surface area is 151 Å². The zero-order chi connectivity index (χ0) is 17.8. The molecule has 1 heterocycles. The molecule has 0 unspecified atom stereocenters. The Bertz CT molecular complexity index is 892. The number of carbonyl (C=O) groups is 1. The number of ether oxygens (including phenoxy) is 1. The third-order valence-corrected chi connectivity index (χ3v) is 4.61. The molecule has 6 nitrogen and oxygen atoms in total. The minimum Gasteiger partial charge on any atom is -0.492 e. The number of nitrogens with one attached hydrogen (secondary N) is 1. The van der Waals surface area contributed by atoms with Crippen LogP contribution in [0, 0.1) is 0 Å². The topological polar surface area (TPSA) is 69.0 Å². The summed E-state index contributed by atoms with van der Waals surface area (Å²) in [6.07, 6.45) is 4.97. The van der Waals surface area contributed by atoms with Crippen molar-refractivity contribution in [1.29, 1.82) is 0 Å². The van der Waals surface area contributed by atoms with Gasteiger partial charge in [-0.2, -0.15) is 5.10 Å². The maximum absolute atomic E-state index is 12.7. The minimum absolute atomic E-state index is 0.0368. The second-order valence-electron chi connectivity index (χ2n) is 6.31. The van der Waals surface area contributed by atoms with Crippen LogP contribution >= 0.6 is 0 Å². The van der Waals surface area contributed by atoms with Crippen LogP contribution < -0.4 is 10.1 Å². The average Bonchev–Trinajstić information content (AvgIpc) is 3.31. The monoisotopic (exact) mass is 348 g/mol. The fraction of sp³-hybridized carbons (Fsp3) is 0.250. The zero-order valence-electron chi connectivity index (χ0n) is 14.3. The highest BCUT2D eigenvalue weighted by atomic mass is 16.5. The van der Waals surface area contributed by atoms with E-state index in [2.05, 4.69) is 27.5 Å². The van der Waals surface area contributed by atoms with Gasteiger partial charge in [0.2, 0.25) is 5.91 Å². The summed E-state index contributed by atoms with van der Waals surface area (Å²) in [4.78, 5) is 16.6. The van der Waals surface area contributed by atoms with Gasteiger partial charge in [-0.05, 0) is 36.1 Å². The van der Waals surface area contributed by atoms with Crippen LogP contribution in [0.25, 0.3) is 0 Å². The SMILES string of the molecule is O=C(Nc1cccc(OCCn2cncn2)c1)[C@@H]1CCc2ccccc21. The molecule has 1 aromatic heterocycles. The van der Waals surface area contributed by atoms with E-state index in [9.17, 15) is 4.79 Å². The van der Waals surface area contributed by atoms with Crippen LogP contribution in [0.2, 0.25) is 0 Å². The van der Waals surface area contributed by atoms with E-state index < -0.39 is 0 Å². The number of aromatic nitrogens is 3. The molecule has 1 atom stereocenters. The van der Waals surface area contributed by atoms with Crippen molar-refractivity contribution in [2.24, 2.45) is 0 Å².